The fourth-order valence-electron chi connectivity index (χ4n) is 23.6. The number of ketones is 2. The van der Waals surface area contributed by atoms with Gasteiger partial charge in [-0.2, -0.15) is 0 Å². The number of allylic oxidation sites excluding steroid dienone is 1. The number of Topliss-reactive ketones (excluding diaryl/α,β-unsaturated/α-hetero) is 2. The summed E-state index contributed by atoms with van der Waals surface area (Å²) >= 11 is 0. The number of hydrogen-bond acceptors (Lipinski definition) is 8. The molecule has 1 aromatic carbocycles. The number of aryl methyl sites for hydroxylation is 1. The molecule has 8 fully saturated rings. The number of aromatic nitrogens is 3. The van der Waals surface area contributed by atoms with Gasteiger partial charge in [-0.05, 0) is 208 Å². The number of hydrogen-bond donors (Lipinski definition) is 5. The molecule has 2 saturated heterocycles. The van der Waals surface area contributed by atoms with Gasteiger partial charge < -0.3 is 44.3 Å². The van der Waals surface area contributed by atoms with Crippen LogP contribution in [0.2, 0.25) is 0 Å². The molecule has 11 nitrogen and oxygen atoms in total. The zero-order valence-electron chi connectivity index (χ0n) is 51.3. The van der Waals surface area contributed by atoms with Gasteiger partial charge in [0.2, 0.25) is 0 Å². The van der Waals surface area contributed by atoms with Crippen LogP contribution >= 0.6 is 0 Å². The Hall–Kier alpha value is -4.13. The van der Waals surface area contributed by atoms with E-state index in [9.17, 15) is 15.0 Å². The summed E-state index contributed by atoms with van der Waals surface area (Å²) in [6.45, 7) is 19.1. The molecular formula is C72H96N4O7. The Bertz CT molecular complexity index is 3270. The van der Waals surface area contributed by atoms with Crippen LogP contribution in [0.5, 0.6) is 0 Å². The minimum absolute atomic E-state index is 0.0570. The third kappa shape index (κ3) is 7.54. The first-order chi connectivity index (χ1) is 39.8. The number of epoxide rings is 1. The number of aldehydes is 1. The van der Waals surface area contributed by atoms with Crippen LogP contribution in [0.4, 0.5) is 0 Å². The molecule has 1 spiro atoms. The van der Waals surface area contributed by atoms with Gasteiger partial charge in [0.15, 0.2) is 5.78 Å². The van der Waals surface area contributed by atoms with E-state index in [1.807, 2.05) is 13.8 Å². The van der Waals surface area contributed by atoms with Crippen LogP contribution in [0.25, 0.3) is 11.0 Å². The molecule has 446 valence electrons. The number of fused-ring (bicyclic) bond motifs is 8. The highest BCUT2D eigenvalue weighted by atomic mass is 16.6. The lowest BCUT2D eigenvalue weighted by Gasteiger charge is -2.76. The van der Waals surface area contributed by atoms with E-state index in [0.29, 0.717) is 55.8 Å². The van der Waals surface area contributed by atoms with Crippen molar-refractivity contribution in [2.45, 2.75) is 231 Å². The van der Waals surface area contributed by atoms with Gasteiger partial charge in [-0.15, -0.1) is 0 Å². The lowest BCUT2D eigenvalue weighted by Crippen LogP contribution is -2.74. The van der Waals surface area contributed by atoms with E-state index in [2.05, 4.69) is 104 Å². The lowest BCUT2D eigenvalue weighted by molar-refractivity contribution is -0.271. The maximum absolute atomic E-state index is 16.5. The van der Waals surface area contributed by atoms with E-state index in [0.717, 1.165) is 123 Å². The normalized spacial score (nSPS) is 41.1. The van der Waals surface area contributed by atoms with Crippen molar-refractivity contribution in [3.05, 3.63) is 93.1 Å². The van der Waals surface area contributed by atoms with Crippen molar-refractivity contribution in [1.29, 1.82) is 0 Å². The minimum Gasteiger partial charge on any atom is -0.392 e. The maximum atomic E-state index is 16.5. The summed E-state index contributed by atoms with van der Waals surface area (Å²) in [6, 6.07) is 9.46. The number of aliphatic hydroxyl groups is 2. The number of ether oxygens (including phenoxy) is 2. The molecule has 11 heteroatoms. The second-order valence-corrected chi connectivity index (χ2v) is 31.5. The SMILES string of the molecule is CNC[C@@H]1C[C@]23C[C@H]1c1[nH]ccc1[C@H]2C(=O)[C@@](C)(C1CCCC1)[C@@H]1CC[C@@]2(C)[C@H]([C@H](O)[C@H]4Cn5cc([C@H](C=O)c6cc(C7CCCCC7)cc(C7CCOCC7)c6)c6[nH]cc(c65)CC[C@@](C)(C[C@@H](O)[C@H]5OC5(C)C)C5=C4[C@]2(C)CC5=O)[C@@]13C. The molecular weight excluding hydrogens is 1030 g/mol. The van der Waals surface area contributed by atoms with Crippen molar-refractivity contribution in [3.63, 3.8) is 0 Å². The van der Waals surface area contributed by atoms with Gasteiger partial charge in [0, 0.05) is 84.3 Å². The van der Waals surface area contributed by atoms with Gasteiger partial charge in [-0.1, -0.05) is 84.9 Å². The number of rotatable bonds is 11. The van der Waals surface area contributed by atoms with Crippen LogP contribution in [0.15, 0.2) is 54.0 Å². The minimum atomic E-state index is -0.860. The van der Waals surface area contributed by atoms with Crippen molar-refractivity contribution in [1.82, 2.24) is 19.9 Å². The average Bonchev–Trinajstić information content (AvgIpc) is 2.28. The number of benzene rings is 1. The van der Waals surface area contributed by atoms with Crippen LogP contribution in [-0.4, -0.2) is 93.3 Å². The Morgan fingerprint density at radius 3 is 2.28 bits per heavy atom. The number of aromatic amines is 2. The predicted molar refractivity (Wildman–Crippen MR) is 322 cm³/mol. The molecule has 5 N–H and O–H groups in total. The van der Waals surface area contributed by atoms with Crippen LogP contribution in [0.1, 0.15) is 233 Å². The molecule has 6 heterocycles. The van der Waals surface area contributed by atoms with Gasteiger partial charge in [-0.25, -0.2) is 0 Å². The van der Waals surface area contributed by atoms with E-state index in [1.165, 1.54) is 60.8 Å². The van der Waals surface area contributed by atoms with E-state index in [-0.39, 0.29) is 41.5 Å². The van der Waals surface area contributed by atoms with E-state index in [1.54, 1.807) is 0 Å². The summed E-state index contributed by atoms with van der Waals surface area (Å²) in [5.74, 6) is 0.908. The summed E-state index contributed by atoms with van der Waals surface area (Å²) in [5.41, 5.74) is 8.53. The highest BCUT2D eigenvalue weighted by molar-refractivity contribution is 6.02. The molecule has 0 radical (unpaired) electrons. The Morgan fingerprint density at radius 1 is 0.867 bits per heavy atom. The smallest absolute Gasteiger partial charge is 0.160 e. The first-order valence-corrected chi connectivity index (χ1v) is 33.3. The van der Waals surface area contributed by atoms with Crippen molar-refractivity contribution in [3.8, 4) is 0 Å². The van der Waals surface area contributed by atoms with Gasteiger partial charge in [0.1, 0.15) is 18.2 Å². The molecule has 4 aromatic rings. The standard InChI is InChI=1S/C72H96N4O7/c1-66(2)65(83-66)54(79)33-67(3)23-18-42-36-75-60-50(52(39-77)45-29-43(40-14-10-9-11-15-40)28-44(30-45)41-21-26-82-27-22-41)37-76(61(42)60)38-51-56-58(67)53(78)34-69(56,5)68(4)24-19-55-70(6,47-16-12-13-17-47)64(81)57-48-20-25-74-59(48)49-32-72(57,31-46(49)35-73-8)71(55,7)63(68)62(51)80/h20,25,28-30,36-37,39-41,46-47,49,51-52,54-55,57,62-63,65,73-75,79-80H,9-19,21-24,26-27,31-35,38H2,1-8H3/t46-,49+,51-,52+,54+,55-,57-,62+,63-,65+,67-,68-,69-,70-,71+,72-/m0/s1. The number of carbonyl (C=O) groups excluding carboxylic acids is 3. The molecule has 6 saturated carbocycles. The van der Waals surface area contributed by atoms with Gasteiger partial charge in [-0.3, -0.25) is 9.59 Å². The topological polar surface area (TPSA) is 162 Å². The molecule has 3 aromatic heterocycles. The summed E-state index contributed by atoms with van der Waals surface area (Å²) in [6.07, 6.45) is 23.8. The number of nitrogens with zero attached hydrogens (tertiary/aromatic N) is 1. The molecule has 11 aliphatic rings. The zero-order chi connectivity index (χ0) is 57.5. The van der Waals surface area contributed by atoms with Crippen molar-refractivity contribution >= 4 is 28.9 Å². The van der Waals surface area contributed by atoms with Crippen molar-refractivity contribution in [2.75, 3.05) is 26.8 Å². The quantitative estimate of drug-likeness (QED) is 0.0732. The van der Waals surface area contributed by atoms with Crippen LogP contribution in [-0.2, 0) is 36.8 Å². The monoisotopic (exact) mass is 1130 g/mol. The van der Waals surface area contributed by atoms with E-state index < -0.39 is 62.1 Å². The fraction of sp³-hybridized carbons (Fsp3) is 0.708. The van der Waals surface area contributed by atoms with Crippen LogP contribution in [0.3, 0.4) is 0 Å². The maximum Gasteiger partial charge on any atom is 0.160 e. The summed E-state index contributed by atoms with van der Waals surface area (Å²) in [4.78, 5) is 54.5. The molecule has 3 aliphatic heterocycles. The van der Waals surface area contributed by atoms with E-state index in [4.69, 9.17) is 9.47 Å². The summed E-state index contributed by atoms with van der Waals surface area (Å²) < 4.78 is 14.5. The number of aliphatic hydroxyl groups excluding tert-OH is 2. The van der Waals surface area contributed by atoms with Crippen molar-refractivity contribution in [2.24, 2.45) is 62.1 Å². The first-order valence-electron chi connectivity index (χ1n) is 33.3. The Morgan fingerprint density at radius 2 is 1.58 bits per heavy atom. The second kappa shape index (κ2) is 19.2. The molecule has 8 aliphatic carbocycles. The molecule has 15 rings (SSSR count). The highest BCUT2D eigenvalue weighted by Crippen LogP contribution is 2.85. The second-order valence-electron chi connectivity index (χ2n) is 31.5. The Labute approximate surface area is 493 Å². The summed E-state index contributed by atoms with van der Waals surface area (Å²) in [5, 5.41) is 30.9. The highest BCUT2D eigenvalue weighted by Gasteiger charge is 2.82. The number of nitrogens with one attached hydrogen (secondary N) is 3. The Balaban J connectivity index is 0.932. The molecule has 83 heavy (non-hydrogen) atoms. The zero-order valence-corrected chi connectivity index (χ0v) is 51.3. The molecule has 0 unspecified atom stereocenters. The number of carbonyl (C=O) groups is 3. The third-order valence-electron chi connectivity index (χ3n) is 27.5. The van der Waals surface area contributed by atoms with E-state index >= 15 is 9.59 Å². The third-order valence-corrected chi connectivity index (χ3v) is 27.5. The molecule has 0 amide bonds. The predicted octanol–water partition coefficient (Wildman–Crippen LogP) is 13.0. The first kappa shape index (κ1) is 55.4. The van der Waals surface area contributed by atoms with Crippen LogP contribution in [0, 0.1) is 62.1 Å². The van der Waals surface area contributed by atoms with Crippen LogP contribution < -0.4 is 5.32 Å². The largest absolute Gasteiger partial charge is 0.392 e. The average molecular weight is 1130 g/mol. The van der Waals surface area contributed by atoms with Crippen molar-refractivity contribution < 1.29 is 34.1 Å². The lowest BCUT2D eigenvalue weighted by atomic mass is 9.27. The van der Waals surface area contributed by atoms with Gasteiger partial charge in [0.05, 0.1) is 40.7 Å². The molecule has 16 atom stereocenters. The Kier molecular flexibility index (Phi) is 12.8. The number of H-pyrrole nitrogens is 2. The van der Waals surface area contributed by atoms with Gasteiger partial charge >= 0.3 is 0 Å². The molecule has 2 bridgehead atoms. The summed E-state index contributed by atoms with van der Waals surface area (Å²) in [7, 11) is 2.08. The van der Waals surface area contributed by atoms with Gasteiger partial charge in [0.25, 0.3) is 0 Å². The fourth-order valence-corrected chi connectivity index (χ4v) is 23.6.